The fourth-order valence-electron chi connectivity index (χ4n) is 2.26. The highest BCUT2D eigenvalue weighted by Gasteiger charge is 2.31. The van der Waals surface area contributed by atoms with Gasteiger partial charge in [-0.3, -0.25) is 10.1 Å². The van der Waals surface area contributed by atoms with E-state index in [1.165, 1.54) is 0 Å². The zero-order valence-corrected chi connectivity index (χ0v) is 12.7. The van der Waals surface area contributed by atoms with Crippen molar-refractivity contribution >= 4 is 17.3 Å². The molecule has 4 nitrogen and oxygen atoms in total. The van der Waals surface area contributed by atoms with Crippen molar-refractivity contribution in [3.05, 3.63) is 50.7 Å². The molecule has 1 N–H and O–H groups in total. The molecule has 0 aliphatic rings. The molecule has 0 bridgehead atoms. The van der Waals surface area contributed by atoms with Crippen molar-refractivity contribution in [2.45, 2.75) is 33.1 Å². The van der Waals surface area contributed by atoms with Gasteiger partial charge in [0.25, 0.3) is 5.69 Å². The highest BCUT2D eigenvalue weighted by Crippen LogP contribution is 2.40. The molecule has 0 unspecified atom stereocenters. The van der Waals surface area contributed by atoms with Gasteiger partial charge in [0.2, 0.25) is 0 Å². The largest absolute Gasteiger partial charge is 0.355 e. The number of aromatic nitrogens is 1. The molecule has 0 radical (unpaired) electrons. The molecule has 0 saturated heterocycles. The van der Waals surface area contributed by atoms with Gasteiger partial charge in [-0.25, -0.2) is 0 Å². The molecule has 1 aromatic heterocycles. The van der Waals surface area contributed by atoms with Crippen LogP contribution in [0.2, 0.25) is 5.02 Å². The number of halogens is 1. The van der Waals surface area contributed by atoms with Crippen LogP contribution >= 0.6 is 11.6 Å². The number of H-pyrrole nitrogens is 1. The minimum atomic E-state index is -0.327. The second-order valence-electron chi connectivity index (χ2n) is 5.85. The molecule has 2 aromatic rings. The lowest BCUT2D eigenvalue weighted by Gasteiger charge is -2.16. The molecular formula is C15H17ClN2O2. The van der Waals surface area contributed by atoms with Crippen LogP contribution < -0.4 is 0 Å². The van der Waals surface area contributed by atoms with Crippen LogP contribution in [-0.2, 0) is 5.41 Å². The fourth-order valence-corrected chi connectivity index (χ4v) is 2.44. The first-order chi connectivity index (χ1) is 9.23. The van der Waals surface area contributed by atoms with Crippen LogP contribution in [0.4, 0.5) is 5.69 Å². The Bertz CT molecular complexity index is 669. The van der Waals surface area contributed by atoms with Crippen molar-refractivity contribution in [3.8, 4) is 11.3 Å². The van der Waals surface area contributed by atoms with Crippen molar-refractivity contribution in [2.24, 2.45) is 0 Å². The highest BCUT2D eigenvalue weighted by atomic mass is 35.5. The summed E-state index contributed by atoms with van der Waals surface area (Å²) in [5, 5.41) is 12.1. The van der Waals surface area contributed by atoms with Crippen LogP contribution in [0, 0.1) is 17.0 Å². The summed E-state index contributed by atoms with van der Waals surface area (Å²) in [6.45, 7) is 7.73. The predicted molar refractivity (Wildman–Crippen MR) is 81.3 cm³/mol. The number of nitrogens with one attached hydrogen (secondary N) is 1. The molecule has 20 heavy (non-hydrogen) atoms. The number of hydrogen-bond donors (Lipinski definition) is 1. The van der Waals surface area contributed by atoms with E-state index in [1.54, 1.807) is 18.3 Å². The molecule has 0 amide bonds. The quantitative estimate of drug-likeness (QED) is 0.635. The first-order valence-corrected chi connectivity index (χ1v) is 6.73. The summed E-state index contributed by atoms with van der Waals surface area (Å²) in [5.74, 6) is 0. The van der Waals surface area contributed by atoms with Crippen LogP contribution in [0.1, 0.15) is 31.9 Å². The van der Waals surface area contributed by atoms with Gasteiger partial charge < -0.3 is 4.98 Å². The topological polar surface area (TPSA) is 58.9 Å². The number of benzene rings is 1. The van der Waals surface area contributed by atoms with E-state index in [-0.39, 0.29) is 16.0 Å². The summed E-state index contributed by atoms with van der Waals surface area (Å²) < 4.78 is 0. The Morgan fingerprint density at radius 1 is 1.30 bits per heavy atom. The Morgan fingerprint density at radius 2 is 1.95 bits per heavy atom. The third-order valence-electron chi connectivity index (χ3n) is 3.38. The third-order valence-corrected chi connectivity index (χ3v) is 3.79. The minimum absolute atomic E-state index is 0.128. The highest BCUT2D eigenvalue weighted by molar-refractivity contribution is 6.31. The van der Waals surface area contributed by atoms with Crippen molar-refractivity contribution in [1.29, 1.82) is 0 Å². The number of hydrogen-bond acceptors (Lipinski definition) is 2. The van der Waals surface area contributed by atoms with E-state index in [0.29, 0.717) is 16.3 Å². The molecule has 0 fully saturated rings. The van der Waals surface area contributed by atoms with E-state index < -0.39 is 0 Å². The van der Waals surface area contributed by atoms with E-state index in [4.69, 9.17) is 11.6 Å². The van der Waals surface area contributed by atoms with Crippen LogP contribution in [0.25, 0.3) is 11.3 Å². The summed E-state index contributed by atoms with van der Waals surface area (Å²) in [6.07, 6.45) is 1.72. The molecule has 2 rings (SSSR count). The lowest BCUT2D eigenvalue weighted by molar-refractivity contribution is -0.385. The Kier molecular flexibility index (Phi) is 3.61. The number of rotatable bonds is 2. The first kappa shape index (κ1) is 14.6. The van der Waals surface area contributed by atoms with Gasteiger partial charge in [0.15, 0.2) is 0 Å². The van der Waals surface area contributed by atoms with E-state index in [1.807, 2.05) is 33.8 Å². The summed E-state index contributed by atoms with van der Waals surface area (Å²) in [6, 6.07) is 5.41. The predicted octanol–water partition coefficient (Wildman–Crippen LogP) is 4.85. The van der Waals surface area contributed by atoms with Gasteiger partial charge in [0, 0.05) is 16.8 Å². The Labute approximate surface area is 122 Å². The molecule has 5 heteroatoms. The summed E-state index contributed by atoms with van der Waals surface area (Å²) in [4.78, 5) is 14.2. The first-order valence-electron chi connectivity index (χ1n) is 6.35. The van der Waals surface area contributed by atoms with Gasteiger partial charge in [0.1, 0.15) is 5.69 Å². The Hall–Kier alpha value is -1.81. The number of aromatic amines is 1. The maximum atomic E-state index is 11.5. The van der Waals surface area contributed by atoms with E-state index in [9.17, 15) is 10.1 Å². The fraction of sp³-hybridized carbons (Fsp3) is 0.333. The number of nitrogens with zero attached hydrogens (tertiary/aromatic N) is 1. The van der Waals surface area contributed by atoms with Crippen molar-refractivity contribution in [1.82, 2.24) is 4.98 Å². The van der Waals surface area contributed by atoms with E-state index in [0.717, 1.165) is 11.1 Å². The lowest BCUT2D eigenvalue weighted by atomic mass is 9.87. The third kappa shape index (κ3) is 2.43. The Morgan fingerprint density at radius 3 is 2.50 bits per heavy atom. The minimum Gasteiger partial charge on any atom is -0.355 e. The summed E-state index contributed by atoms with van der Waals surface area (Å²) in [5.41, 5.74) is 2.63. The second-order valence-corrected chi connectivity index (χ2v) is 6.25. The maximum Gasteiger partial charge on any atom is 0.298 e. The molecule has 0 aliphatic carbocycles. The smallest absolute Gasteiger partial charge is 0.298 e. The van der Waals surface area contributed by atoms with Crippen LogP contribution in [0.3, 0.4) is 0 Å². The molecule has 106 valence electrons. The van der Waals surface area contributed by atoms with Gasteiger partial charge in [-0.1, -0.05) is 44.5 Å². The zero-order valence-electron chi connectivity index (χ0n) is 12.0. The van der Waals surface area contributed by atoms with Gasteiger partial charge in [-0.15, -0.1) is 0 Å². The van der Waals surface area contributed by atoms with Gasteiger partial charge in [-0.2, -0.15) is 0 Å². The average molecular weight is 293 g/mol. The van der Waals surface area contributed by atoms with Crippen molar-refractivity contribution in [3.63, 3.8) is 0 Å². The number of nitro groups is 1. The molecule has 1 heterocycles. The van der Waals surface area contributed by atoms with Crippen LogP contribution in [0.15, 0.2) is 24.4 Å². The Balaban J connectivity index is 2.73. The summed E-state index contributed by atoms with van der Waals surface area (Å²) >= 11 is 6.11. The molecular weight excluding hydrogens is 276 g/mol. The lowest BCUT2D eigenvalue weighted by Crippen LogP contribution is -2.12. The van der Waals surface area contributed by atoms with E-state index >= 15 is 0 Å². The maximum absolute atomic E-state index is 11.5. The van der Waals surface area contributed by atoms with Crippen LogP contribution in [0.5, 0.6) is 0 Å². The van der Waals surface area contributed by atoms with Crippen LogP contribution in [-0.4, -0.2) is 9.91 Å². The van der Waals surface area contributed by atoms with Crippen molar-refractivity contribution < 1.29 is 4.92 Å². The molecule has 0 saturated carbocycles. The van der Waals surface area contributed by atoms with E-state index in [2.05, 4.69) is 4.98 Å². The second kappa shape index (κ2) is 4.94. The zero-order chi connectivity index (χ0) is 15.1. The summed E-state index contributed by atoms with van der Waals surface area (Å²) in [7, 11) is 0. The normalized spacial score (nSPS) is 11.7. The van der Waals surface area contributed by atoms with Gasteiger partial charge in [0.05, 0.1) is 10.5 Å². The molecule has 1 aromatic carbocycles. The van der Waals surface area contributed by atoms with Gasteiger partial charge in [-0.05, 0) is 24.0 Å². The SMILES string of the molecule is Cc1c(Cl)cccc1-c1[nH]cc(C(C)(C)C)c1[N+](=O)[O-]. The standard InChI is InChI=1S/C15H17ClN2O2/c1-9-10(6-5-7-12(9)16)13-14(18(19)20)11(8-17-13)15(2,3)4/h5-8,17H,1-4H3. The molecule has 0 spiro atoms. The average Bonchev–Trinajstić information content (AvgIpc) is 2.77. The monoisotopic (exact) mass is 292 g/mol. The molecule has 0 atom stereocenters. The van der Waals surface area contributed by atoms with Gasteiger partial charge >= 0.3 is 0 Å². The van der Waals surface area contributed by atoms with Crippen molar-refractivity contribution in [2.75, 3.05) is 0 Å². The molecule has 0 aliphatic heterocycles.